The number of hydrogen-bond acceptors (Lipinski definition) is 18. The monoisotopic (exact) mass is 911 g/mol. The van der Waals surface area contributed by atoms with Gasteiger partial charge >= 0.3 is 36.1 Å². The summed E-state index contributed by atoms with van der Waals surface area (Å²) in [4.78, 5) is 98.5. The molecule has 4 aromatic rings. The molecular formula is C46H45N3O17. The molecule has 0 saturated carbocycles. The van der Waals surface area contributed by atoms with E-state index in [1.54, 1.807) is 0 Å². The Morgan fingerprint density at radius 2 is 1.29 bits per heavy atom. The summed E-state index contributed by atoms with van der Waals surface area (Å²) in [5.74, 6) is -4.16. The number of carbonyl (C=O) groups is 7. The topological polar surface area (TPSA) is 256 Å². The van der Waals surface area contributed by atoms with Crippen molar-refractivity contribution in [1.29, 1.82) is 0 Å². The van der Waals surface area contributed by atoms with E-state index in [0.29, 0.717) is 5.56 Å². The standard InChI is InChI=1S/C46H45N3O17/c1-25(50)58-24-39-41(61-26(2)51)42(62-27(3)52)43(63-28(4)53)44(66-39)65-38-18-13-29(22-60-46(56)64-31-16-14-30(49-57)15-17-31)21-37(38)48-40(54)19-20-47-45(55)59-23-36-34-11-7-5-9-32(34)33-10-6-8-12-35(33)36/h5-18,21,36,39,41-44H,19-20,22-24H2,1-4H3,(H,47,55)(H,48,54)/t39-,41+,42+,43-,44-/m1/s1. The van der Waals surface area contributed by atoms with Crippen molar-refractivity contribution >= 4 is 53.4 Å². The molecule has 0 radical (unpaired) electrons. The second-order valence-electron chi connectivity index (χ2n) is 14.8. The SMILES string of the molecule is CC(=O)OC[C@H]1O[C@@H](Oc2ccc(COC(=O)Oc3ccc(N=O)cc3)cc2NC(=O)CCNC(=O)OCC2c3ccccc3-c3ccccc32)[C@H](OC(C)=O)[C@@H](OC(C)=O)[C@H]1OC(C)=O. The molecule has 346 valence electrons. The van der Waals surface area contributed by atoms with E-state index in [1.807, 2.05) is 48.5 Å². The number of nitroso groups, excluding NO2 is 1. The number of rotatable bonds is 17. The Labute approximate surface area is 377 Å². The maximum atomic E-state index is 13.5. The summed E-state index contributed by atoms with van der Waals surface area (Å²) in [6, 6.07) is 25.3. The van der Waals surface area contributed by atoms with Gasteiger partial charge in [0.25, 0.3) is 0 Å². The minimum Gasteiger partial charge on any atom is -0.463 e. The molecule has 1 aliphatic heterocycles. The Hall–Kier alpha value is -7.87. The van der Waals surface area contributed by atoms with Crippen LogP contribution in [-0.2, 0) is 63.7 Å². The fourth-order valence-electron chi connectivity index (χ4n) is 7.26. The summed E-state index contributed by atoms with van der Waals surface area (Å²) >= 11 is 0. The summed E-state index contributed by atoms with van der Waals surface area (Å²) in [5.41, 5.74) is 4.55. The zero-order valence-electron chi connectivity index (χ0n) is 36.0. The van der Waals surface area contributed by atoms with Crippen LogP contribution < -0.4 is 20.1 Å². The molecule has 5 atom stereocenters. The molecule has 1 saturated heterocycles. The van der Waals surface area contributed by atoms with E-state index in [-0.39, 0.29) is 48.4 Å². The van der Waals surface area contributed by atoms with Crippen molar-refractivity contribution < 1.29 is 76.2 Å². The molecule has 66 heavy (non-hydrogen) atoms. The number of ether oxygens (including phenoxy) is 9. The van der Waals surface area contributed by atoms with Crippen LogP contribution in [0.2, 0.25) is 0 Å². The van der Waals surface area contributed by atoms with Crippen molar-refractivity contribution in [2.45, 2.75) is 77.3 Å². The Balaban J connectivity index is 1.18. The number of alkyl carbamates (subject to hydrolysis) is 1. The normalized spacial score (nSPS) is 18.2. The smallest absolute Gasteiger partial charge is 0.463 e. The molecule has 2 aliphatic rings. The van der Waals surface area contributed by atoms with Crippen LogP contribution in [0.4, 0.5) is 21.0 Å². The van der Waals surface area contributed by atoms with Gasteiger partial charge in [-0.25, -0.2) is 9.59 Å². The number of nitrogens with zero attached hydrogens (tertiary/aromatic N) is 1. The third-order valence-corrected chi connectivity index (χ3v) is 9.97. The van der Waals surface area contributed by atoms with Gasteiger partial charge in [-0.2, -0.15) is 0 Å². The molecule has 0 aromatic heterocycles. The van der Waals surface area contributed by atoms with Crippen molar-refractivity contribution in [3.63, 3.8) is 0 Å². The fraction of sp³-hybridized carbons (Fsp3) is 0.326. The van der Waals surface area contributed by atoms with E-state index in [9.17, 15) is 38.5 Å². The van der Waals surface area contributed by atoms with Gasteiger partial charge in [-0.15, -0.1) is 4.91 Å². The minimum atomic E-state index is -1.67. The Morgan fingerprint density at radius 3 is 1.91 bits per heavy atom. The fourth-order valence-corrected chi connectivity index (χ4v) is 7.26. The second-order valence-corrected chi connectivity index (χ2v) is 14.8. The highest BCUT2D eigenvalue weighted by molar-refractivity contribution is 5.92. The number of amides is 2. The van der Waals surface area contributed by atoms with Crippen LogP contribution in [0, 0.1) is 4.91 Å². The van der Waals surface area contributed by atoms with Crippen LogP contribution in [0.1, 0.15) is 56.7 Å². The summed E-state index contributed by atoms with van der Waals surface area (Å²) in [6.07, 6.45) is -9.76. The summed E-state index contributed by atoms with van der Waals surface area (Å²) in [5, 5.41) is 8.06. The number of carbonyl (C=O) groups excluding carboxylic acids is 7. The summed E-state index contributed by atoms with van der Waals surface area (Å²) < 4.78 is 49.9. The van der Waals surface area contributed by atoms with Crippen LogP contribution in [0.25, 0.3) is 11.1 Å². The van der Waals surface area contributed by atoms with E-state index >= 15 is 0 Å². The first-order chi connectivity index (χ1) is 31.7. The molecule has 2 N–H and O–H groups in total. The minimum absolute atomic E-state index is 0.0413. The molecule has 0 bridgehead atoms. The first-order valence-corrected chi connectivity index (χ1v) is 20.5. The number of hydrogen-bond donors (Lipinski definition) is 2. The number of benzene rings is 4. The molecule has 1 aliphatic carbocycles. The molecular weight excluding hydrogens is 867 g/mol. The molecule has 1 heterocycles. The number of esters is 4. The van der Waals surface area contributed by atoms with Crippen LogP contribution in [0.3, 0.4) is 0 Å². The number of anilines is 1. The lowest BCUT2D eigenvalue weighted by molar-refractivity contribution is -0.288. The Bertz CT molecular complexity index is 2410. The highest BCUT2D eigenvalue weighted by Crippen LogP contribution is 2.44. The number of fused-ring (bicyclic) bond motifs is 3. The largest absolute Gasteiger partial charge is 0.514 e. The second kappa shape index (κ2) is 22.2. The highest BCUT2D eigenvalue weighted by atomic mass is 16.7. The van der Waals surface area contributed by atoms with Gasteiger partial charge in [0.05, 0.1) is 5.69 Å². The Kier molecular flexibility index (Phi) is 16.0. The Morgan fingerprint density at radius 1 is 0.667 bits per heavy atom. The van der Waals surface area contributed by atoms with E-state index in [2.05, 4.69) is 15.8 Å². The molecule has 20 nitrogen and oxygen atoms in total. The molecule has 6 rings (SSSR count). The van der Waals surface area contributed by atoms with E-state index in [1.165, 1.54) is 42.5 Å². The lowest BCUT2D eigenvalue weighted by Crippen LogP contribution is -2.63. The van der Waals surface area contributed by atoms with Gasteiger partial charge in [0.2, 0.25) is 18.3 Å². The van der Waals surface area contributed by atoms with E-state index < -0.39 is 86.0 Å². The van der Waals surface area contributed by atoms with Gasteiger partial charge in [-0.1, -0.05) is 54.6 Å². The lowest BCUT2D eigenvalue weighted by atomic mass is 9.98. The van der Waals surface area contributed by atoms with Crippen LogP contribution in [0.5, 0.6) is 11.5 Å². The predicted molar refractivity (Wildman–Crippen MR) is 228 cm³/mol. The lowest BCUT2D eigenvalue weighted by Gasteiger charge is -2.44. The predicted octanol–water partition coefficient (Wildman–Crippen LogP) is 6.13. The highest BCUT2D eigenvalue weighted by Gasteiger charge is 2.53. The van der Waals surface area contributed by atoms with E-state index in [4.69, 9.17) is 42.6 Å². The third kappa shape index (κ3) is 12.6. The third-order valence-electron chi connectivity index (χ3n) is 9.97. The summed E-state index contributed by atoms with van der Waals surface area (Å²) in [6.45, 7) is 3.31. The van der Waals surface area contributed by atoms with Gasteiger partial charge in [-0.05, 0) is 69.4 Å². The van der Waals surface area contributed by atoms with Crippen LogP contribution in [-0.4, -0.2) is 92.5 Å². The van der Waals surface area contributed by atoms with Gasteiger partial charge in [0.15, 0.2) is 12.2 Å². The zero-order chi connectivity index (χ0) is 47.3. The zero-order valence-corrected chi connectivity index (χ0v) is 36.0. The molecule has 1 fully saturated rings. The molecule has 0 unspecified atom stereocenters. The molecule has 4 aromatic carbocycles. The molecule has 20 heteroatoms. The van der Waals surface area contributed by atoms with Crippen molar-refractivity contribution in [3.8, 4) is 22.6 Å². The summed E-state index contributed by atoms with van der Waals surface area (Å²) in [7, 11) is 0. The first kappa shape index (κ1) is 47.6. The molecule has 0 spiro atoms. The van der Waals surface area contributed by atoms with Gasteiger partial charge in [-0.3, -0.25) is 24.0 Å². The average Bonchev–Trinajstić information content (AvgIpc) is 3.60. The maximum absolute atomic E-state index is 13.5. The first-order valence-electron chi connectivity index (χ1n) is 20.5. The van der Waals surface area contributed by atoms with Crippen molar-refractivity contribution in [2.75, 3.05) is 25.1 Å². The van der Waals surface area contributed by atoms with Gasteiger partial charge in [0, 0.05) is 46.6 Å². The van der Waals surface area contributed by atoms with Gasteiger partial charge < -0.3 is 53.3 Å². The van der Waals surface area contributed by atoms with Crippen molar-refractivity contribution in [3.05, 3.63) is 113 Å². The molecule has 2 amide bonds. The maximum Gasteiger partial charge on any atom is 0.514 e. The van der Waals surface area contributed by atoms with Gasteiger partial charge in [0.1, 0.15) is 43.1 Å². The van der Waals surface area contributed by atoms with Crippen LogP contribution in [0.15, 0.2) is 96.2 Å². The van der Waals surface area contributed by atoms with Crippen molar-refractivity contribution in [1.82, 2.24) is 5.32 Å². The number of nitrogens with one attached hydrogen (secondary N) is 2. The van der Waals surface area contributed by atoms with Crippen LogP contribution >= 0.6 is 0 Å². The average molecular weight is 912 g/mol. The quantitative estimate of drug-likeness (QED) is 0.0523. The van der Waals surface area contributed by atoms with E-state index in [0.717, 1.165) is 49.9 Å². The van der Waals surface area contributed by atoms with Crippen molar-refractivity contribution in [2.24, 2.45) is 5.18 Å².